The number of nitrogens with one attached hydrogen (secondary N) is 1. The van der Waals surface area contributed by atoms with Gasteiger partial charge in [-0.15, -0.1) is 0 Å². The highest BCUT2D eigenvalue weighted by atomic mass is 19.1. The van der Waals surface area contributed by atoms with Crippen LogP contribution in [0.2, 0.25) is 0 Å². The van der Waals surface area contributed by atoms with Gasteiger partial charge in [0.2, 0.25) is 5.91 Å². The zero-order valence-electron chi connectivity index (χ0n) is 19.5. The van der Waals surface area contributed by atoms with Crippen molar-refractivity contribution in [3.63, 3.8) is 0 Å². The molecule has 0 saturated heterocycles. The second-order valence-electron chi connectivity index (χ2n) is 7.94. The number of benzene rings is 2. The Hall–Kier alpha value is -3.63. The number of likely N-dealkylation sites (N-methyl/N-ethyl adjacent to an activating group) is 1. The Balaban J connectivity index is 1.78. The van der Waals surface area contributed by atoms with Crippen LogP contribution in [0.5, 0.6) is 5.75 Å². The lowest BCUT2D eigenvalue weighted by atomic mass is 10.2. The number of methoxy groups -OCH3 is 1. The van der Waals surface area contributed by atoms with Crippen LogP contribution in [0, 0.1) is 31.0 Å². The first-order valence-corrected chi connectivity index (χ1v) is 10.9. The van der Waals surface area contributed by atoms with E-state index in [4.69, 9.17) is 4.74 Å². The van der Waals surface area contributed by atoms with Gasteiger partial charge in [0.25, 0.3) is 0 Å². The molecular weight excluding hydrogens is 419 g/mol. The number of halogens is 1. The van der Waals surface area contributed by atoms with Crippen LogP contribution in [0.25, 0.3) is 0 Å². The molecule has 3 rings (SSSR count). The number of aromatic nitrogens is 1. The van der Waals surface area contributed by atoms with E-state index in [0.717, 1.165) is 22.4 Å². The number of nitrogens with zero attached hydrogens (tertiary/aromatic N) is 3. The highest BCUT2D eigenvalue weighted by Gasteiger charge is 2.21. The van der Waals surface area contributed by atoms with Gasteiger partial charge >= 0.3 is 0 Å². The van der Waals surface area contributed by atoms with Crippen LogP contribution in [0.15, 0.2) is 48.5 Å². The van der Waals surface area contributed by atoms with Crippen LogP contribution in [0.3, 0.4) is 0 Å². The molecule has 0 aliphatic rings. The summed E-state index contributed by atoms with van der Waals surface area (Å²) in [6, 6.07) is 16.9. The molecule has 1 aromatic heterocycles. The van der Waals surface area contributed by atoms with Crippen molar-refractivity contribution >= 4 is 11.7 Å². The Morgan fingerprint density at radius 3 is 2.52 bits per heavy atom. The van der Waals surface area contributed by atoms with Gasteiger partial charge in [-0.05, 0) is 49.2 Å². The lowest BCUT2D eigenvalue weighted by Crippen LogP contribution is -2.33. The van der Waals surface area contributed by atoms with Crippen molar-refractivity contribution in [2.24, 2.45) is 0 Å². The highest BCUT2D eigenvalue weighted by molar-refractivity contribution is 5.93. The molecule has 6 nitrogen and oxygen atoms in total. The topological polar surface area (TPSA) is 70.3 Å². The number of rotatable bonds is 9. The zero-order chi connectivity index (χ0) is 24.0. The van der Waals surface area contributed by atoms with Crippen molar-refractivity contribution in [2.45, 2.75) is 33.9 Å². The van der Waals surface area contributed by atoms with Crippen molar-refractivity contribution in [1.29, 1.82) is 5.26 Å². The minimum Gasteiger partial charge on any atom is -0.494 e. The van der Waals surface area contributed by atoms with Gasteiger partial charge in [-0.3, -0.25) is 9.69 Å². The lowest BCUT2D eigenvalue weighted by molar-refractivity contribution is -0.117. The SMILES string of the molecule is CCN(CC(=O)Nc1c(C#N)c(C)c(C)n1Cc1ccccc1)Cc1ccc(OC)c(F)c1. The Morgan fingerprint density at radius 2 is 1.91 bits per heavy atom. The molecule has 3 aromatic rings. The first-order valence-electron chi connectivity index (χ1n) is 10.9. The normalized spacial score (nSPS) is 10.8. The van der Waals surface area contributed by atoms with Crippen LogP contribution < -0.4 is 10.1 Å². The lowest BCUT2D eigenvalue weighted by Gasteiger charge is -2.21. The van der Waals surface area contributed by atoms with Crippen LogP contribution in [0.1, 0.15) is 34.9 Å². The van der Waals surface area contributed by atoms with Gasteiger partial charge in [0.1, 0.15) is 11.9 Å². The summed E-state index contributed by atoms with van der Waals surface area (Å²) in [7, 11) is 1.42. The fourth-order valence-corrected chi connectivity index (χ4v) is 3.81. The monoisotopic (exact) mass is 448 g/mol. The van der Waals surface area contributed by atoms with Crippen molar-refractivity contribution in [2.75, 3.05) is 25.5 Å². The van der Waals surface area contributed by atoms with Gasteiger partial charge in [0, 0.05) is 18.8 Å². The smallest absolute Gasteiger partial charge is 0.239 e. The van der Waals surface area contributed by atoms with Crippen LogP contribution in [-0.4, -0.2) is 35.6 Å². The van der Waals surface area contributed by atoms with E-state index in [0.29, 0.717) is 31.0 Å². The Labute approximate surface area is 194 Å². The predicted octanol–water partition coefficient (Wildman–Crippen LogP) is 4.63. The number of carbonyl (C=O) groups excluding carboxylic acids is 1. The molecule has 0 aliphatic carbocycles. The minimum absolute atomic E-state index is 0.115. The summed E-state index contributed by atoms with van der Waals surface area (Å²) in [5, 5.41) is 12.7. The van der Waals surface area contributed by atoms with E-state index in [1.165, 1.54) is 13.2 Å². The number of nitriles is 1. The molecule has 0 saturated carbocycles. The van der Waals surface area contributed by atoms with Gasteiger partial charge in [-0.25, -0.2) is 4.39 Å². The maximum atomic E-state index is 14.0. The second-order valence-corrected chi connectivity index (χ2v) is 7.94. The Bertz CT molecular complexity index is 1170. The Morgan fingerprint density at radius 1 is 1.18 bits per heavy atom. The van der Waals surface area contributed by atoms with E-state index >= 15 is 0 Å². The molecule has 0 fully saturated rings. The quantitative estimate of drug-likeness (QED) is 0.518. The number of hydrogen-bond acceptors (Lipinski definition) is 4. The average molecular weight is 449 g/mol. The molecule has 172 valence electrons. The third-order valence-corrected chi connectivity index (χ3v) is 5.82. The fraction of sp³-hybridized carbons (Fsp3) is 0.308. The minimum atomic E-state index is -0.432. The molecule has 0 atom stereocenters. The second kappa shape index (κ2) is 10.8. The molecule has 1 N–H and O–H groups in total. The van der Waals surface area contributed by atoms with Gasteiger partial charge in [-0.1, -0.05) is 43.3 Å². The molecule has 2 aromatic carbocycles. The van der Waals surface area contributed by atoms with Gasteiger partial charge < -0.3 is 14.6 Å². The van der Waals surface area contributed by atoms with E-state index in [-0.39, 0.29) is 18.2 Å². The molecule has 1 amide bonds. The summed E-state index contributed by atoms with van der Waals surface area (Å²) < 4.78 is 21.0. The van der Waals surface area contributed by atoms with Gasteiger partial charge in [0.05, 0.1) is 19.2 Å². The summed E-state index contributed by atoms with van der Waals surface area (Å²) in [5.74, 6) is 0.0365. The highest BCUT2D eigenvalue weighted by Crippen LogP contribution is 2.27. The first-order chi connectivity index (χ1) is 15.9. The summed E-state index contributed by atoms with van der Waals surface area (Å²) in [6.45, 7) is 7.47. The first kappa shape index (κ1) is 24.0. The van der Waals surface area contributed by atoms with Gasteiger partial charge in [-0.2, -0.15) is 5.26 Å². The third-order valence-electron chi connectivity index (χ3n) is 5.82. The van der Waals surface area contributed by atoms with E-state index in [1.807, 2.05) is 60.6 Å². The molecule has 1 heterocycles. The van der Waals surface area contributed by atoms with E-state index in [9.17, 15) is 14.4 Å². The maximum Gasteiger partial charge on any atom is 0.239 e. The Kier molecular flexibility index (Phi) is 7.86. The zero-order valence-corrected chi connectivity index (χ0v) is 19.5. The van der Waals surface area contributed by atoms with Crippen LogP contribution >= 0.6 is 0 Å². The number of amides is 1. The summed E-state index contributed by atoms with van der Waals surface area (Å²) in [6.07, 6.45) is 0. The summed E-state index contributed by atoms with van der Waals surface area (Å²) in [4.78, 5) is 14.9. The van der Waals surface area contributed by atoms with E-state index < -0.39 is 5.82 Å². The number of ether oxygens (including phenoxy) is 1. The predicted molar refractivity (Wildman–Crippen MR) is 127 cm³/mol. The summed E-state index contributed by atoms with van der Waals surface area (Å²) >= 11 is 0. The fourth-order valence-electron chi connectivity index (χ4n) is 3.81. The van der Waals surface area contributed by atoms with Crippen molar-refractivity contribution in [1.82, 2.24) is 9.47 Å². The van der Waals surface area contributed by atoms with E-state index in [1.54, 1.807) is 12.1 Å². The number of carbonyl (C=O) groups is 1. The van der Waals surface area contributed by atoms with E-state index in [2.05, 4.69) is 11.4 Å². The maximum absolute atomic E-state index is 14.0. The van der Waals surface area contributed by atoms with Crippen molar-refractivity contribution in [3.8, 4) is 11.8 Å². The average Bonchev–Trinajstić information content (AvgIpc) is 3.03. The molecule has 33 heavy (non-hydrogen) atoms. The van der Waals surface area contributed by atoms with Crippen molar-refractivity contribution < 1.29 is 13.9 Å². The third kappa shape index (κ3) is 5.60. The van der Waals surface area contributed by atoms with Crippen molar-refractivity contribution in [3.05, 3.63) is 82.3 Å². The molecular formula is C26H29FN4O2. The molecule has 0 spiro atoms. The molecule has 7 heteroatoms. The molecule has 0 radical (unpaired) electrons. The molecule has 0 aliphatic heterocycles. The largest absolute Gasteiger partial charge is 0.494 e. The number of anilines is 1. The molecule has 0 bridgehead atoms. The summed E-state index contributed by atoms with van der Waals surface area (Å²) in [5.41, 5.74) is 4.08. The standard InChI is InChI=1S/C26H29FN4O2/c1-5-30(15-21-11-12-24(33-4)23(27)13-21)17-25(32)29-26-22(14-28)18(2)19(3)31(26)16-20-9-7-6-8-10-20/h6-13H,5,15-17H2,1-4H3,(H,29,32). The van der Waals surface area contributed by atoms with Crippen LogP contribution in [-0.2, 0) is 17.9 Å². The number of hydrogen-bond donors (Lipinski definition) is 1. The molecule has 0 unspecified atom stereocenters. The van der Waals surface area contributed by atoms with Gasteiger partial charge in [0.15, 0.2) is 11.6 Å². The van der Waals surface area contributed by atoms with Crippen LogP contribution in [0.4, 0.5) is 10.2 Å².